The lowest BCUT2D eigenvalue weighted by atomic mass is 10.3. The number of hydrogen-bond donors (Lipinski definition) is 0. The van der Waals surface area contributed by atoms with Crippen LogP contribution in [-0.2, 0) is 6.18 Å². The van der Waals surface area contributed by atoms with Gasteiger partial charge in [0.25, 0.3) is 6.43 Å². The standard InChI is InChI=1S/C7H3F6N/c8-3-1-2-4(6(9)10)14-5(3)7(11,12)13/h1-2,6H. The average molecular weight is 215 g/mol. The van der Waals surface area contributed by atoms with Gasteiger partial charge in [-0.3, -0.25) is 0 Å². The predicted octanol–water partition coefficient (Wildman–Crippen LogP) is 3.18. The fourth-order valence-electron chi connectivity index (χ4n) is 0.778. The summed E-state index contributed by atoms with van der Waals surface area (Å²) in [7, 11) is 0. The van der Waals surface area contributed by atoms with Crippen LogP contribution in [0, 0.1) is 5.82 Å². The van der Waals surface area contributed by atoms with Gasteiger partial charge in [0.05, 0.1) is 0 Å². The zero-order valence-electron chi connectivity index (χ0n) is 6.45. The van der Waals surface area contributed by atoms with Crippen molar-refractivity contribution in [1.29, 1.82) is 0 Å². The molecule has 0 atom stereocenters. The highest BCUT2D eigenvalue weighted by atomic mass is 19.4. The Kier molecular flexibility index (Phi) is 2.68. The third-order valence-electron chi connectivity index (χ3n) is 1.36. The molecule has 0 amide bonds. The van der Waals surface area contributed by atoms with E-state index in [9.17, 15) is 26.3 Å². The van der Waals surface area contributed by atoms with E-state index in [-0.39, 0.29) is 0 Å². The molecular weight excluding hydrogens is 212 g/mol. The highest BCUT2D eigenvalue weighted by Crippen LogP contribution is 2.31. The van der Waals surface area contributed by atoms with Crippen LogP contribution in [0.1, 0.15) is 17.8 Å². The Morgan fingerprint density at radius 3 is 2.14 bits per heavy atom. The van der Waals surface area contributed by atoms with Gasteiger partial charge in [0.2, 0.25) is 0 Å². The van der Waals surface area contributed by atoms with Gasteiger partial charge in [-0.1, -0.05) is 0 Å². The van der Waals surface area contributed by atoms with Crippen LogP contribution in [0.3, 0.4) is 0 Å². The van der Waals surface area contributed by atoms with Crippen molar-refractivity contribution in [3.8, 4) is 0 Å². The van der Waals surface area contributed by atoms with Crippen molar-refractivity contribution in [2.45, 2.75) is 12.6 Å². The van der Waals surface area contributed by atoms with Crippen molar-refractivity contribution < 1.29 is 26.3 Å². The maximum atomic E-state index is 12.5. The maximum Gasteiger partial charge on any atom is 0.436 e. The number of rotatable bonds is 1. The average Bonchev–Trinajstić information content (AvgIpc) is 2.02. The van der Waals surface area contributed by atoms with Crippen LogP contribution in [0.15, 0.2) is 12.1 Å². The minimum absolute atomic E-state index is 0.317. The summed E-state index contributed by atoms with van der Waals surface area (Å²) in [4.78, 5) is 2.49. The highest BCUT2D eigenvalue weighted by molar-refractivity contribution is 5.16. The van der Waals surface area contributed by atoms with Gasteiger partial charge in [0.1, 0.15) is 5.69 Å². The quantitative estimate of drug-likeness (QED) is 0.655. The summed E-state index contributed by atoms with van der Waals surface area (Å²) in [5.74, 6) is -1.66. The van der Waals surface area contributed by atoms with Crippen molar-refractivity contribution >= 4 is 0 Å². The van der Waals surface area contributed by atoms with Gasteiger partial charge < -0.3 is 0 Å². The molecule has 0 unspecified atom stereocenters. The van der Waals surface area contributed by atoms with E-state index in [0.29, 0.717) is 12.1 Å². The molecule has 1 aromatic heterocycles. The van der Waals surface area contributed by atoms with Gasteiger partial charge in [0, 0.05) is 0 Å². The molecule has 0 spiro atoms. The Morgan fingerprint density at radius 2 is 1.71 bits per heavy atom. The van der Waals surface area contributed by atoms with Gasteiger partial charge in [-0.05, 0) is 12.1 Å². The molecule has 0 saturated carbocycles. The lowest BCUT2D eigenvalue weighted by Crippen LogP contribution is -2.12. The number of halogens is 6. The van der Waals surface area contributed by atoms with E-state index in [2.05, 4.69) is 4.98 Å². The summed E-state index contributed by atoms with van der Waals surface area (Å²) in [5.41, 5.74) is -3.02. The van der Waals surface area contributed by atoms with Crippen molar-refractivity contribution in [3.63, 3.8) is 0 Å². The normalized spacial score (nSPS) is 12.2. The molecule has 0 aliphatic rings. The first-order valence-electron chi connectivity index (χ1n) is 3.34. The molecule has 7 heteroatoms. The van der Waals surface area contributed by atoms with Gasteiger partial charge in [-0.2, -0.15) is 13.2 Å². The summed E-state index contributed by atoms with van der Waals surface area (Å²) in [6, 6.07) is 0.826. The number of hydrogen-bond acceptors (Lipinski definition) is 1. The molecule has 1 nitrogen and oxygen atoms in total. The minimum Gasteiger partial charge on any atom is -0.239 e. The second-order valence-corrected chi connectivity index (χ2v) is 2.37. The van der Waals surface area contributed by atoms with Crippen molar-refractivity contribution in [1.82, 2.24) is 4.98 Å². The smallest absolute Gasteiger partial charge is 0.239 e. The fraction of sp³-hybridized carbons (Fsp3) is 0.286. The van der Waals surface area contributed by atoms with Crippen LogP contribution in [0.25, 0.3) is 0 Å². The van der Waals surface area contributed by atoms with Crippen LogP contribution >= 0.6 is 0 Å². The zero-order valence-corrected chi connectivity index (χ0v) is 6.45. The largest absolute Gasteiger partial charge is 0.436 e. The molecule has 0 aromatic carbocycles. The second-order valence-electron chi connectivity index (χ2n) is 2.37. The summed E-state index contributed by atoms with van der Waals surface area (Å²) >= 11 is 0. The fourth-order valence-corrected chi connectivity index (χ4v) is 0.778. The SMILES string of the molecule is Fc1ccc(C(F)F)nc1C(F)(F)F. The first-order valence-corrected chi connectivity index (χ1v) is 3.34. The Morgan fingerprint density at radius 1 is 1.14 bits per heavy atom. The number of pyridine rings is 1. The molecule has 0 saturated heterocycles. The molecule has 1 rings (SSSR count). The van der Waals surface area contributed by atoms with Gasteiger partial charge >= 0.3 is 6.18 Å². The first-order chi connectivity index (χ1) is 6.32. The molecule has 0 N–H and O–H groups in total. The van der Waals surface area contributed by atoms with Gasteiger partial charge in [-0.15, -0.1) is 0 Å². The van der Waals surface area contributed by atoms with Crippen LogP contribution in [-0.4, -0.2) is 4.98 Å². The molecule has 14 heavy (non-hydrogen) atoms. The molecule has 0 aliphatic heterocycles. The maximum absolute atomic E-state index is 12.5. The van der Waals surface area contributed by atoms with Crippen LogP contribution in [0.4, 0.5) is 26.3 Å². The van der Waals surface area contributed by atoms with E-state index in [1.807, 2.05) is 0 Å². The molecule has 1 heterocycles. The Balaban J connectivity index is 3.22. The molecule has 0 aliphatic carbocycles. The van der Waals surface area contributed by atoms with Crippen molar-refractivity contribution in [3.05, 3.63) is 29.3 Å². The second kappa shape index (κ2) is 3.47. The van der Waals surface area contributed by atoms with Crippen molar-refractivity contribution in [2.24, 2.45) is 0 Å². The summed E-state index contributed by atoms with van der Waals surface area (Å²) < 4.78 is 72.2. The number of aromatic nitrogens is 1. The van der Waals surface area contributed by atoms with Crippen LogP contribution in [0.5, 0.6) is 0 Å². The molecule has 0 radical (unpaired) electrons. The van der Waals surface area contributed by atoms with E-state index in [0.717, 1.165) is 0 Å². The summed E-state index contributed by atoms with van der Waals surface area (Å²) in [6.45, 7) is 0. The van der Waals surface area contributed by atoms with Crippen LogP contribution in [0.2, 0.25) is 0 Å². The predicted molar refractivity (Wildman–Crippen MR) is 34.2 cm³/mol. The lowest BCUT2D eigenvalue weighted by Gasteiger charge is -2.08. The number of nitrogens with zero attached hydrogens (tertiary/aromatic N) is 1. The molecular formula is C7H3F6N. The summed E-state index contributed by atoms with van der Waals surface area (Å²) in [6.07, 6.45) is -8.22. The Bertz CT molecular complexity index is 331. The van der Waals surface area contributed by atoms with Crippen molar-refractivity contribution in [2.75, 3.05) is 0 Å². The first kappa shape index (κ1) is 10.8. The molecule has 0 bridgehead atoms. The number of alkyl halides is 5. The van der Waals surface area contributed by atoms with E-state index >= 15 is 0 Å². The minimum atomic E-state index is -5.06. The van der Waals surface area contributed by atoms with E-state index < -0.39 is 29.8 Å². The molecule has 78 valence electrons. The third-order valence-corrected chi connectivity index (χ3v) is 1.36. The van der Waals surface area contributed by atoms with E-state index in [4.69, 9.17) is 0 Å². The molecule has 1 aromatic rings. The van der Waals surface area contributed by atoms with Gasteiger partial charge in [-0.25, -0.2) is 18.2 Å². The Labute approximate surface area is 74.4 Å². The zero-order chi connectivity index (χ0) is 10.9. The van der Waals surface area contributed by atoms with Gasteiger partial charge in [0.15, 0.2) is 11.5 Å². The van der Waals surface area contributed by atoms with E-state index in [1.54, 1.807) is 0 Å². The Hall–Kier alpha value is -1.27. The lowest BCUT2D eigenvalue weighted by molar-refractivity contribution is -0.144. The highest BCUT2D eigenvalue weighted by Gasteiger charge is 2.36. The monoisotopic (exact) mass is 215 g/mol. The third kappa shape index (κ3) is 2.15. The van der Waals surface area contributed by atoms with E-state index in [1.165, 1.54) is 0 Å². The molecule has 0 fully saturated rings. The summed E-state index contributed by atoms with van der Waals surface area (Å²) in [5, 5.41) is 0. The van der Waals surface area contributed by atoms with Crippen LogP contribution < -0.4 is 0 Å². The topological polar surface area (TPSA) is 12.9 Å².